The van der Waals surface area contributed by atoms with E-state index in [0.29, 0.717) is 0 Å². The maximum absolute atomic E-state index is 12.7. The van der Waals surface area contributed by atoms with Gasteiger partial charge in [0.15, 0.2) is 0 Å². The van der Waals surface area contributed by atoms with Crippen LogP contribution in [0, 0.1) is 19.3 Å². The van der Waals surface area contributed by atoms with Crippen LogP contribution in [0.3, 0.4) is 0 Å². The minimum atomic E-state index is -0.309. The van der Waals surface area contributed by atoms with Crippen LogP contribution < -0.4 is 10.6 Å². The number of hydrogen-bond donors (Lipinski definition) is 3. The molecule has 1 aliphatic rings. The number of nitrogens with one attached hydrogen (secondary N) is 2. The van der Waals surface area contributed by atoms with Gasteiger partial charge in [-0.15, -0.1) is 0 Å². The molecule has 1 fully saturated rings. The Hall–Kier alpha value is -1.55. The summed E-state index contributed by atoms with van der Waals surface area (Å²) in [7, 11) is 0. The summed E-state index contributed by atoms with van der Waals surface area (Å²) in [5.41, 5.74) is 2.15. The molecule has 4 nitrogen and oxygen atoms in total. The highest BCUT2D eigenvalue weighted by Gasteiger charge is 2.37. The summed E-state index contributed by atoms with van der Waals surface area (Å²) < 4.78 is 0. The van der Waals surface area contributed by atoms with Crippen molar-refractivity contribution in [2.24, 2.45) is 5.41 Å². The lowest BCUT2D eigenvalue weighted by Crippen LogP contribution is -2.47. The Balaban J connectivity index is 2.20. The lowest BCUT2D eigenvalue weighted by Gasteiger charge is -2.35. The van der Waals surface area contributed by atoms with Crippen LogP contribution in [0.1, 0.15) is 37.3 Å². The normalized spacial score (nSPS) is 22.6. The standard InChI is InChI=1S/C16H24N2O2/c1-4-16(6-5-7-17-10-16)15(20)18-13-8-12(3)14(19)9-11(13)2/h8-9,17,19H,4-7,10H2,1-3H3,(H,18,20). The summed E-state index contributed by atoms with van der Waals surface area (Å²) >= 11 is 0. The smallest absolute Gasteiger partial charge is 0.231 e. The third-order valence-electron chi connectivity index (χ3n) is 4.42. The molecule has 1 amide bonds. The van der Waals surface area contributed by atoms with Crippen molar-refractivity contribution >= 4 is 11.6 Å². The second-order valence-corrected chi connectivity index (χ2v) is 5.82. The summed E-state index contributed by atoms with van der Waals surface area (Å²) in [6.07, 6.45) is 2.80. The number of carbonyl (C=O) groups excluding carboxylic acids is 1. The SMILES string of the molecule is CCC1(C(=O)Nc2cc(C)c(O)cc2C)CCCNC1. The van der Waals surface area contributed by atoms with Crippen LogP contribution in [0.5, 0.6) is 5.75 Å². The van der Waals surface area contributed by atoms with Crippen molar-refractivity contribution in [1.29, 1.82) is 0 Å². The van der Waals surface area contributed by atoms with Crippen LogP contribution in [-0.2, 0) is 4.79 Å². The molecule has 2 rings (SSSR count). The van der Waals surface area contributed by atoms with Crippen molar-refractivity contribution in [3.05, 3.63) is 23.3 Å². The Morgan fingerprint density at radius 3 is 2.75 bits per heavy atom. The molecule has 3 N–H and O–H groups in total. The molecule has 0 spiro atoms. The summed E-state index contributed by atoms with van der Waals surface area (Å²) in [6, 6.07) is 3.53. The maximum atomic E-state index is 12.7. The highest BCUT2D eigenvalue weighted by Crippen LogP contribution is 2.33. The van der Waals surface area contributed by atoms with Gasteiger partial charge in [0.1, 0.15) is 5.75 Å². The first-order valence-corrected chi connectivity index (χ1v) is 7.31. The number of amides is 1. The van der Waals surface area contributed by atoms with Crippen LogP contribution in [0.4, 0.5) is 5.69 Å². The third-order valence-corrected chi connectivity index (χ3v) is 4.42. The molecule has 4 heteroatoms. The van der Waals surface area contributed by atoms with Crippen molar-refractivity contribution in [2.45, 2.75) is 40.0 Å². The summed E-state index contributed by atoms with van der Waals surface area (Å²) in [4.78, 5) is 12.7. The zero-order chi connectivity index (χ0) is 14.8. The lowest BCUT2D eigenvalue weighted by molar-refractivity contribution is -0.126. The van der Waals surface area contributed by atoms with E-state index in [1.54, 1.807) is 6.07 Å². The highest BCUT2D eigenvalue weighted by molar-refractivity contribution is 5.96. The number of aryl methyl sites for hydroxylation is 2. The molecule has 1 aliphatic heterocycles. The predicted octanol–water partition coefficient (Wildman–Crippen LogP) is 2.73. The van der Waals surface area contributed by atoms with E-state index in [1.807, 2.05) is 19.9 Å². The Labute approximate surface area is 120 Å². The minimum Gasteiger partial charge on any atom is -0.508 e. The van der Waals surface area contributed by atoms with Crippen molar-refractivity contribution < 1.29 is 9.90 Å². The molecule has 110 valence electrons. The average molecular weight is 276 g/mol. The molecule has 1 aromatic rings. The van der Waals surface area contributed by atoms with E-state index in [1.165, 1.54) is 0 Å². The third kappa shape index (κ3) is 2.80. The lowest BCUT2D eigenvalue weighted by atomic mass is 9.77. The topological polar surface area (TPSA) is 61.4 Å². The Bertz CT molecular complexity index is 505. The van der Waals surface area contributed by atoms with Gasteiger partial charge in [-0.2, -0.15) is 0 Å². The van der Waals surface area contributed by atoms with E-state index in [9.17, 15) is 9.90 Å². The van der Waals surface area contributed by atoms with Gasteiger partial charge in [-0.3, -0.25) is 4.79 Å². The molecule has 1 unspecified atom stereocenters. The number of piperidine rings is 1. The van der Waals surface area contributed by atoms with Crippen LogP contribution in [-0.4, -0.2) is 24.1 Å². The molecule has 0 aliphatic carbocycles. The second kappa shape index (κ2) is 5.83. The van der Waals surface area contributed by atoms with Crippen LogP contribution in [0.25, 0.3) is 0 Å². The second-order valence-electron chi connectivity index (χ2n) is 5.82. The fourth-order valence-corrected chi connectivity index (χ4v) is 2.81. The summed E-state index contributed by atoms with van der Waals surface area (Å²) in [6.45, 7) is 7.54. The van der Waals surface area contributed by atoms with Gasteiger partial charge < -0.3 is 15.7 Å². The van der Waals surface area contributed by atoms with E-state index in [2.05, 4.69) is 17.6 Å². The van der Waals surface area contributed by atoms with Gasteiger partial charge in [-0.25, -0.2) is 0 Å². The average Bonchev–Trinajstić information content (AvgIpc) is 2.45. The molecule has 0 radical (unpaired) electrons. The Kier molecular flexibility index (Phi) is 4.33. The molecular weight excluding hydrogens is 252 g/mol. The number of phenolic OH excluding ortho intramolecular Hbond substituents is 1. The largest absolute Gasteiger partial charge is 0.508 e. The fraction of sp³-hybridized carbons (Fsp3) is 0.562. The monoisotopic (exact) mass is 276 g/mol. The maximum Gasteiger partial charge on any atom is 0.231 e. The predicted molar refractivity (Wildman–Crippen MR) is 81.0 cm³/mol. The molecule has 0 saturated carbocycles. The van der Waals surface area contributed by atoms with E-state index in [4.69, 9.17) is 0 Å². The van der Waals surface area contributed by atoms with Crippen molar-refractivity contribution in [3.8, 4) is 5.75 Å². The first-order chi connectivity index (χ1) is 9.48. The van der Waals surface area contributed by atoms with Gasteiger partial charge in [0.05, 0.1) is 5.41 Å². The van der Waals surface area contributed by atoms with Gasteiger partial charge in [0.25, 0.3) is 0 Å². The quantitative estimate of drug-likeness (QED) is 0.744. The highest BCUT2D eigenvalue weighted by atomic mass is 16.3. The molecular formula is C16H24N2O2. The molecule has 0 bridgehead atoms. The first-order valence-electron chi connectivity index (χ1n) is 7.31. The van der Waals surface area contributed by atoms with Gasteiger partial charge in [-0.1, -0.05) is 6.92 Å². The molecule has 0 aromatic heterocycles. The molecule has 20 heavy (non-hydrogen) atoms. The van der Waals surface area contributed by atoms with Crippen molar-refractivity contribution in [3.63, 3.8) is 0 Å². The molecule has 1 aromatic carbocycles. The van der Waals surface area contributed by atoms with E-state index in [-0.39, 0.29) is 17.1 Å². The molecule has 1 atom stereocenters. The van der Waals surface area contributed by atoms with Crippen LogP contribution in [0.15, 0.2) is 12.1 Å². The number of hydrogen-bond acceptors (Lipinski definition) is 3. The molecule has 1 saturated heterocycles. The number of anilines is 1. The zero-order valence-corrected chi connectivity index (χ0v) is 12.5. The first kappa shape index (κ1) is 14.9. The van der Waals surface area contributed by atoms with Crippen molar-refractivity contribution in [2.75, 3.05) is 18.4 Å². The van der Waals surface area contributed by atoms with Gasteiger partial charge in [-0.05, 0) is 62.9 Å². The van der Waals surface area contributed by atoms with E-state index >= 15 is 0 Å². The summed E-state index contributed by atoms with van der Waals surface area (Å²) in [5.74, 6) is 0.352. The van der Waals surface area contributed by atoms with Crippen LogP contribution in [0.2, 0.25) is 0 Å². The number of rotatable bonds is 3. The zero-order valence-electron chi connectivity index (χ0n) is 12.5. The van der Waals surface area contributed by atoms with E-state index in [0.717, 1.165) is 49.2 Å². The Morgan fingerprint density at radius 2 is 2.15 bits per heavy atom. The molecule has 1 heterocycles. The van der Waals surface area contributed by atoms with Gasteiger partial charge >= 0.3 is 0 Å². The van der Waals surface area contributed by atoms with Gasteiger partial charge in [0, 0.05) is 12.2 Å². The minimum absolute atomic E-state index is 0.0837. The van der Waals surface area contributed by atoms with Crippen LogP contribution >= 0.6 is 0 Å². The number of phenols is 1. The Morgan fingerprint density at radius 1 is 1.40 bits per heavy atom. The number of aromatic hydroxyl groups is 1. The number of carbonyl (C=O) groups is 1. The summed E-state index contributed by atoms with van der Waals surface area (Å²) in [5, 5.41) is 16.1. The fourth-order valence-electron chi connectivity index (χ4n) is 2.81. The van der Waals surface area contributed by atoms with Crippen molar-refractivity contribution in [1.82, 2.24) is 5.32 Å². The van der Waals surface area contributed by atoms with Gasteiger partial charge in [0.2, 0.25) is 5.91 Å². The van der Waals surface area contributed by atoms with E-state index < -0.39 is 0 Å². The number of benzene rings is 1.